The lowest BCUT2D eigenvalue weighted by molar-refractivity contribution is -0.136. The van der Waals surface area contributed by atoms with Crippen molar-refractivity contribution in [2.24, 2.45) is 0 Å². The molecule has 0 saturated carbocycles. The SMILES string of the molecule is C[C@@H]1[C@H](C)N(C(=O)c2cccc(N(C)C)c2)CCN1C(=O)Cc1ccccc1. The maximum atomic E-state index is 13.1. The quantitative estimate of drug-likeness (QED) is 0.820. The van der Waals surface area contributed by atoms with Crippen LogP contribution in [0, 0.1) is 0 Å². The average Bonchev–Trinajstić information content (AvgIpc) is 2.70. The van der Waals surface area contributed by atoms with Crippen LogP contribution in [0.5, 0.6) is 0 Å². The molecule has 0 N–H and O–H groups in total. The van der Waals surface area contributed by atoms with E-state index in [0.29, 0.717) is 25.1 Å². The molecule has 0 radical (unpaired) electrons. The van der Waals surface area contributed by atoms with Gasteiger partial charge in [-0.3, -0.25) is 9.59 Å². The van der Waals surface area contributed by atoms with Crippen LogP contribution in [-0.2, 0) is 11.2 Å². The Morgan fingerprint density at radius 2 is 1.57 bits per heavy atom. The number of hydrogen-bond acceptors (Lipinski definition) is 3. The van der Waals surface area contributed by atoms with Crippen LogP contribution < -0.4 is 4.90 Å². The molecule has 0 bridgehead atoms. The maximum Gasteiger partial charge on any atom is 0.254 e. The largest absolute Gasteiger partial charge is 0.378 e. The molecule has 2 atom stereocenters. The Morgan fingerprint density at radius 3 is 2.25 bits per heavy atom. The normalized spacial score (nSPS) is 19.4. The second kappa shape index (κ2) is 8.46. The van der Waals surface area contributed by atoms with Crippen LogP contribution in [0.25, 0.3) is 0 Å². The minimum Gasteiger partial charge on any atom is -0.378 e. The highest BCUT2D eigenvalue weighted by Gasteiger charge is 2.35. The third-order valence-electron chi connectivity index (χ3n) is 5.65. The van der Waals surface area contributed by atoms with Crippen molar-refractivity contribution in [2.45, 2.75) is 32.4 Å². The van der Waals surface area contributed by atoms with E-state index in [-0.39, 0.29) is 23.9 Å². The standard InChI is InChI=1S/C23H29N3O2/c1-17-18(2)26(23(28)20-11-8-12-21(16-20)24(3)4)14-13-25(17)22(27)15-19-9-6-5-7-10-19/h5-12,16-18H,13-15H2,1-4H3/t17-,18+/m1/s1. The number of carbonyl (C=O) groups is 2. The average molecular weight is 380 g/mol. The van der Waals surface area contributed by atoms with E-state index in [2.05, 4.69) is 0 Å². The summed E-state index contributed by atoms with van der Waals surface area (Å²) in [6, 6.07) is 17.4. The molecule has 28 heavy (non-hydrogen) atoms. The summed E-state index contributed by atoms with van der Waals surface area (Å²) in [5.74, 6) is 0.144. The van der Waals surface area contributed by atoms with Gasteiger partial charge in [-0.1, -0.05) is 36.4 Å². The number of hydrogen-bond donors (Lipinski definition) is 0. The molecule has 3 rings (SSSR count). The molecule has 1 fully saturated rings. The molecular formula is C23H29N3O2. The van der Waals surface area contributed by atoms with Gasteiger partial charge in [-0.2, -0.15) is 0 Å². The summed E-state index contributed by atoms with van der Waals surface area (Å²) in [7, 11) is 3.93. The second-order valence-electron chi connectivity index (χ2n) is 7.67. The fourth-order valence-electron chi connectivity index (χ4n) is 3.74. The number of amides is 2. The first-order chi connectivity index (χ1) is 13.4. The van der Waals surface area contributed by atoms with E-state index in [0.717, 1.165) is 11.3 Å². The van der Waals surface area contributed by atoms with Gasteiger partial charge in [-0.05, 0) is 37.6 Å². The Labute approximate surface area is 167 Å². The van der Waals surface area contributed by atoms with E-state index in [1.165, 1.54) is 0 Å². The number of piperazine rings is 1. The van der Waals surface area contributed by atoms with E-state index < -0.39 is 0 Å². The summed E-state index contributed by atoms with van der Waals surface area (Å²) >= 11 is 0. The molecule has 2 amide bonds. The van der Waals surface area contributed by atoms with Crippen molar-refractivity contribution in [1.82, 2.24) is 9.80 Å². The highest BCUT2D eigenvalue weighted by Crippen LogP contribution is 2.22. The molecule has 0 aliphatic carbocycles. The van der Waals surface area contributed by atoms with E-state index in [9.17, 15) is 9.59 Å². The van der Waals surface area contributed by atoms with Gasteiger partial charge in [-0.25, -0.2) is 0 Å². The molecule has 2 aromatic rings. The van der Waals surface area contributed by atoms with E-state index in [1.807, 2.05) is 97.2 Å². The summed E-state index contributed by atoms with van der Waals surface area (Å²) < 4.78 is 0. The van der Waals surface area contributed by atoms with Gasteiger partial charge in [0.1, 0.15) is 0 Å². The molecule has 5 heteroatoms. The number of rotatable bonds is 4. The van der Waals surface area contributed by atoms with Gasteiger partial charge in [0.05, 0.1) is 6.42 Å². The van der Waals surface area contributed by atoms with Gasteiger partial charge in [0.2, 0.25) is 5.91 Å². The summed E-state index contributed by atoms with van der Waals surface area (Å²) in [5.41, 5.74) is 2.71. The van der Waals surface area contributed by atoms with Gasteiger partial charge in [0.25, 0.3) is 5.91 Å². The Balaban J connectivity index is 1.70. The summed E-state index contributed by atoms with van der Waals surface area (Å²) in [6.45, 7) is 5.18. The van der Waals surface area contributed by atoms with Crippen LogP contribution in [0.3, 0.4) is 0 Å². The zero-order chi connectivity index (χ0) is 20.3. The predicted octanol–water partition coefficient (Wildman–Crippen LogP) is 3.06. The van der Waals surface area contributed by atoms with Gasteiger partial charge in [0, 0.05) is 50.5 Å². The van der Waals surface area contributed by atoms with Crippen LogP contribution in [-0.4, -0.2) is 60.9 Å². The zero-order valence-corrected chi connectivity index (χ0v) is 17.1. The van der Waals surface area contributed by atoms with Crippen LogP contribution in [0.2, 0.25) is 0 Å². The highest BCUT2D eigenvalue weighted by atomic mass is 16.2. The smallest absolute Gasteiger partial charge is 0.254 e. The number of carbonyl (C=O) groups excluding carboxylic acids is 2. The molecule has 0 spiro atoms. The van der Waals surface area contributed by atoms with Crippen LogP contribution in [0.4, 0.5) is 5.69 Å². The topological polar surface area (TPSA) is 43.9 Å². The Bertz CT molecular complexity index is 835. The van der Waals surface area contributed by atoms with E-state index in [1.54, 1.807) is 0 Å². The fraction of sp³-hybridized carbons (Fsp3) is 0.391. The minimum atomic E-state index is -0.0380. The zero-order valence-electron chi connectivity index (χ0n) is 17.1. The summed E-state index contributed by atoms with van der Waals surface area (Å²) in [5, 5.41) is 0. The van der Waals surface area contributed by atoms with E-state index in [4.69, 9.17) is 0 Å². The van der Waals surface area contributed by atoms with Crippen molar-refractivity contribution in [2.75, 3.05) is 32.1 Å². The van der Waals surface area contributed by atoms with Crippen molar-refractivity contribution < 1.29 is 9.59 Å². The van der Waals surface area contributed by atoms with Crippen molar-refractivity contribution in [3.8, 4) is 0 Å². The Hall–Kier alpha value is -2.82. The lowest BCUT2D eigenvalue weighted by atomic mass is 10.0. The summed E-state index contributed by atoms with van der Waals surface area (Å²) in [6.07, 6.45) is 0.400. The first-order valence-electron chi connectivity index (χ1n) is 9.80. The second-order valence-corrected chi connectivity index (χ2v) is 7.67. The maximum absolute atomic E-state index is 13.1. The summed E-state index contributed by atoms with van der Waals surface area (Å²) in [4.78, 5) is 31.7. The molecule has 1 aliphatic heterocycles. The third-order valence-corrected chi connectivity index (χ3v) is 5.65. The highest BCUT2D eigenvalue weighted by molar-refractivity contribution is 5.95. The predicted molar refractivity (Wildman–Crippen MR) is 113 cm³/mol. The first kappa shape index (κ1) is 19.9. The van der Waals surface area contributed by atoms with Gasteiger partial charge in [0.15, 0.2) is 0 Å². The molecule has 2 aromatic carbocycles. The van der Waals surface area contributed by atoms with Gasteiger partial charge >= 0.3 is 0 Å². The molecule has 0 unspecified atom stereocenters. The van der Waals surface area contributed by atoms with Crippen molar-refractivity contribution in [1.29, 1.82) is 0 Å². The lowest BCUT2D eigenvalue weighted by Gasteiger charge is -2.45. The van der Waals surface area contributed by atoms with Crippen LogP contribution >= 0.6 is 0 Å². The van der Waals surface area contributed by atoms with Crippen molar-refractivity contribution in [3.05, 3.63) is 65.7 Å². The van der Waals surface area contributed by atoms with Crippen LogP contribution in [0.1, 0.15) is 29.8 Å². The number of benzene rings is 2. The third kappa shape index (κ3) is 4.19. The lowest BCUT2D eigenvalue weighted by Crippen LogP contribution is -2.60. The minimum absolute atomic E-state index is 0.0223. The van der Waals surface area contributed by atoms with Crippen molar-refractivity contribution >= 4 is 17.5 Å². The monoisotopic (exact) mass is 379 g/mol. The van der Waals surface area contributed by atoms with Crippen LogP contribution in [0.15, 0.2) is 54.6 Å². The van der Waals surface area contributed by atoms with Gasteiger partial charge in [-0.15, -0.1) is 0 Å². The first-order valence-corrected chi connectivity index (χ1v) is 9.80. The molecule has 1 heterocycles. The Morgan fingerprint density at radius 1 is 0.929 bits per heavy atom. The molecule has 0 aromatic heterocycles. The van der Waals surface area contributed by atoms with Gasteiger partial charge < -0.3 is 14.7 Å². The van der Waals surface area contributed by atoms with Crippen molar-refractivity contribution in [3.63, 3.8) is 0 Å². The molecule has 1 aliphatic rings. The molecular weight excluding hydrogens is 350 g/mol. The Kier molecular flexibility index (Phi) is 6.02. The molecule has 1 saturated heterocycles. The molecule has 148 valence electrons. The molecule has 5 nitrogen and oxygen atoms in total. The number of anilines is 1. The fourth-order valence-corrected chi connectivity index (χ4v) is 3.74. The number of nitrogens with zero attached hydrogens (tertiary/aromatic N) is 3. The van der Waals surface area contributed by atoms with E-state index >= 15 is 0 Å².